The first kappa shape index (κ1) is 12.0. The minimum atomic E-state index is -0.153. The zero-order valence-corrected chi connectivity index (χ0v) is 10.4. The number of amides is 1. The topological polar surface area (TPSA) is 112 Å². The molecule has 100 valence electrons. The lowest BCUT2D eigenvalue weighted by atomic mass is 10.1. The van der Waals surface area contributed by atoms with E-state index in [1.807, 2.05) is 0 Å². The summed E-state index contributed by atoms with van der Waals surface area (Å²) in [5, 5.41) is 23.0. The van der Waals surface area contributed by atoms with Gasteiger partial charge in [-0.3, -0.25) is 9.89 Å². The van der Waals surface area contributed by atoms with E-state index >= 15 is 0 Å². The Morgan fingerprint density at radius 2 is 2.05 bits per heavy atom. The standard InChI is InChI=1S/C12H11N7O/c20-12(13-7-10-5-6-14-15-10)9-3-1-8(2-4-9)11-16-18-19-17-11/h1-6H,7H2,(H,13,20)(H,14,15)(H,16,17,18,19). The summed E-state index contributed by atoms with van der Waals surface area (Å²) in [7, 11) is 0. The number of nitrogens with one attached hydrogen (secondary N) is 3. The zero-order valence-electron chi connectivity index (χ0n) is 10.4. The molecule has 0 radical (unpaired) electrons. The Labute approximate surface area is 113 Å². The van der Waals surface area contributed by atoms with E-state index in [2.05, 4.69) is 36.1 Å². The molecule has 8 heteroatoms. The van der Waals surface area contributed by atoms with Crippen LogP contribution in [0.3, 0.4) is 0 Å². The van der Waals surface area contributed by atoms with Crippen LogP contribution in [0, 0.1) is 0 Å². The molecule has 1 aromatic carbocycles. The number of hydrogen-bond donors (Lipinski definition) is 3. The van der Waals surface area contributed by atoms with E-state index in [1.165, 1.54) is 0 Å². The second kappa shape index (κ2) is 5.31. The average molecular weight is 269 g/mol. The molecule has 2 heterocycles. The number of carbonyl (C=O) groups excluding carboxylic acids is 1. The number of nitrogens with zero attached hydrogens (tertiary/aromatic N) is 4. The van der Waals surface area contributed by atoms with Crippen molar-refractivity contribution in [1.29, 1.82) is 0 Å². The lowest BCUT2D eigenvalue weighted by Gasteiger charge is -2.04. The van der Waals surface area contributed by atoms with Crippen LogP contribution in [0.5, 0.6) is 0 Å². The number of aromatic amines is 2. The molecule has 3 rings (SSSR count). The molecular weight excluding hydrogens is 258 g/mol. The summed E-state index contributed by atoms with van der Waals surface area (Å²) in [4.78, 5) is 11.9. The van der Waals surface area contributed by atoms with Crippen molar-refractivity contribution in [3.63, 3.8) is 0 Å². The van der Waals surface area contributed by atoms with Crippen LogP contribution in [-0.2, 0) is 6.54 Å². The largest absolute Gasteiger partial charge is 0.346 e. The minimum Gasteiger partial charge on any atom is -0.346 e. The zero-order chi connectivity index (χ0) is 13.8. The molecule has 0 bridgehead atoms. The van der Waals surface area contributed by atoms with Crippen LogP contribution in [0.1, 0.15) is 16.1 Å². The predicted octanol–water partition coefficient (Wildman–Crippen LogP) is 0.520. The molecule has 2 aromatic heterocycles. The number of tetrazole rings is 1. The first-order chi connectivity index (χ1) is 9.83. The Kier molecular flexibility index (Phi) is 3.19. The Morgan fingerprint density at radius 1 is 1.20 bits per heavy atom. The van der Waals surface area contributed by atoms with Crippen molar-refractivity contribution in [2.24, 2.45) is 0 Å². The van der Waals surface area contributed by atoms with Crippen molar-refractivity contribution in [2.75, 3.05) is 0 Å². The molecule has 0 atom stereocenters. The van der Waals surface area contributed by atoms with Crippen molar-refractivity contribution in [2.45, 2.75) is 6.54 Å². The van der Waals surface area contributed by atoms with Crippen LogP contribution in [-0.4, -0.2) is 36.7 Å². The van der Waals surface area contributed by atoms with Gasteiger partial charge in [-0.25, -0.2) is 0 Å². The van der Waals surface area contributed by atoms with Crippen LogP contribution in [0.4, 0.5) is 0 Å². The molecular formula is C12H11N7O. The molecule has 0 unspecified atom stereocenters. The third-order valence-electron chi connectivity index (χ3n) is 2.75. The third kappa shape index (κ3) is 2.53. The van der Waals surface area contributed by atoms with Crippen LogP contribution >= 0.6 is 0 Å². The average Bonchev–Trinajstić information content (AvgIpc) is 3.18. The van der Waals surface area contributed by atoms with Gasteiger partial charge in [-0.05, 0) is 23.4 Å². The SMILES string of the molecule is O=C(NCc1ccn[nH]1)c1ccc(-c2nn[nH]n2)cc1. The van der Waals surface area contributed by atoms with E-state index in [0.29, 0.717) is 17.9 Å². The Morgan fingerprint density at radius 3 is 2.70 bits per heavy atom. The lowest BCUT2D eigenvalue weighted by molar-refractivity contribution is 0.0950. The summed E-state index contributed by atoms with van der Waals surface area (Å²) >= 11 is 0. The summed E-state index contributed by atoms with van der Waals surface area (Å²) in [6.07, 6.45) is 1.64. The highest BCUT2D eigenvalue weighted by atomic mass is 16.1. The molecule has 1 amide bonds. The Bertz CT molecular complexity index is 673. The van der Waals surface area contributed by atoms with E-state index in [4.69, 9.17) is 0 Å². The van der Waals surface area contributed by atoms with Crippen LogP contribution in [0.25, 0.3) is 11.4 Å². The minimum absolute atomic E-state index is 0.153. The summed E-state index contributed by atoms with van der Waals surface area (Å²) in [5.74, 6) is 0.341. The van der Waals surface area contributed by atoms with Gasteiger partial charge in [0.1, 0.15) is 0 Å². The van der Waals surface area contributed by atoms with Gasteiger partial charge in [0.25, 0.3) is 5.91 Å². The molecule has 0 aliphatic rings. The van der Waals surface area contributed by atoms with Crippen molar-refractivity contribution < 1.29 is 4.79 Å². The van der Waals surface area contributed by atoms with Crippen molar-refractivity contribution in [1.82, 2.24) is 36.1 Å². The van der Waals surface area contributed by atoms with E-state index in [-0.39, 0.29) is 5.91 Å². The quantitative estimate of drug-likeness (QED) is 0.639. The molecule has 0 aliphatic carbocycles. The van der Waals surface area contributed by atoms with Crippen LogP contribution in [0.15, 0.2) is 36.5 Å². The van der Waals surface area contributed by atoms with Crippen molar-refractivity contribution in [3.05, 3.63) is 47.8 Å². The fourth-order valence-electron chi connectivity index (χ4n) is 1.72. The van der Waals surface area contributed by atoms with Gasteiger partial charge in [0.05, 0.1) is 12.2 Å². The fourth-order valence-corrected chi connectivity index (χ4v) is 1.72. The number of aromatic nitrogens is 6. The number of benzene rings is 1. The van der Waals surface area contributed by atoms with E-state index in [0.717, 1.165) is 11.3 Å². The van der Waals surface area contributed by atoms with E-state index in [1.54, 1.807) is 36.5 Å². The predicted molar refractivity (Wildman–Crippen MR) is 69.4 cm³/mol. The first-order valence-corrected chi connectivity index (χ1v) is 5.93. The van der Waals surface area contributed by atoms with E-state index < -0.39 is 0 Å². The Hall–Kier alpha value is -3.03. The second-order valence-corrected chi connectivity index (χ2v) is 4.08. The normalized spacial score (nSPS) is 10.4. The summed E-state index contributed by atoms with van der Waals surface area (Å²) in [6.45, 7) is 0.408. The second-order valence-electron chi connectivity index (χ2n) is 4.08. The highest BCUT2D eigenvalue weighted by Gasteiger charge is 2.07. The Balaban J connectivity index is 1.66. The molecule has 8 nitrogen and oxygen atoms in total. The molecule has 0 spiro atoms. The van der Waals surface area contributed by atoms with Crippen LogP contribution < -0.4 is 5.32 Å². The third-order valence-corrected chi connectivity index (χ3v) is 2.75. The van der Waals surface area contributed by atoms with Crippen molar-refractivity contribution >= 4 is 5.91 Å². The van der Waals surface area contributed by atoms with Gasteiger partial charge in [0.2, 0.25) is 5.82 Å². The molecule has 0 saturated carbocycles. The molecule has 3 aromatic rings. The maximum absolute atomic E-state index is 11.9. The van der Waals surface area contributed by atoms with Gasteiger partial charge in [0.15, 0.2) is 0 Å². The highest BCUT2D eigenvalue weighted by Crippen LogP contribution is 2.13. The molecule has 0 saturated heterocycles. The summed E-state index contributed by atoms with van der Waals surface area (Å²) in [6, 6.07) is 8.79. The van der Waals surface area contributed by atoms with Crippen molar-refractivity contribution in [3.8, 4) is 11.4 Å². The molecule has 0 aliphatic heterocycles. The number of rotatable bonds is 4. The first-order valence-electron chi connectivity index (χ1n) is 5.93. The van der Waals surface area contributed by atoms with Crippen LogP contribution in [0.2, 0.25) is 0 Å². The maximum Gasteiger partial charge on any atom is 0.251 e. The molecule has 0 fully saturated rings. The maximum atomic E-state index is 11.9. The lowest BCUT2D eigenvalue weighted by Crippen LogP contribution is -2.22. The van der Waals surface area contributed by atoms with Gasteiger partial charge >= 0.3 is 0 Å². The molecule has 3 N–H and O–H groups in total. The summed E-state index contributed by atoms with van der Waals surface area (Å²) in [5.41, 5.74) is 2.21. The molecule has 20 heavy (non-hydrogen) atoms. The monoisotopic (exact) mass is 269 g/mol. The number of carbonyl (C=O) groups is 1. The van der Waals surface area contributed by atoms with Gasteiger partial charge in [-0.15, -0.1) is 10.2 Å². The smallest absolute Gasteiger partial charge is 0.251 e. The van der Waals surface area contributed by atoms with Gasteiger partial charge in [-0.2, -0.15) is 10.3 Å². The highest BCUT2D eigenvalue weighted by molar-refractivity contribution is 5.94. The fraction of sp³-hybridized carbons (Fsp3) is 0.0833. The van der Waals surface area contributed by atoms with Gasteiger partial charge in [-0.1, -0.05) is 12.1 Å². The summed E-state index contributed by atoms with van der Waals surface area (Å²) < 4.78 is 0. The number of hydrogen-bond acceptors (Lipinski definition) is 5. The van der Waals surface area contributed by atoms with E-state index in [9.17, 15) is 4.79 Å². The number of H-pyrrole nitrogens is 2. The van der Waals surface area contributed by atoms with Gasteiger partial charge < -0.3 is 5.32 Å². The van der Waals surface area contributed by atoms with Gasteiger partial charge in [0, 0.05) is 17.3 Å².